The average molecular weight is 218 g/mol. The predicted octanol–water partition coefficient (Wildman–Crippen LogP) is 1.41. The highest BCUT2D eigenvalue weighted by atomic mass is 16.3. The molecule has 0 aliphatic heterocycles. The highest BCUT2D eigenvalue weighted by molar-refractivity contribution is 4.93. The number of hydrogen-bond acceptors (Lipinski definition) is 3. The minimum Gasteiger partial charge on any atom is -0.396 e. The van der Waals surface area contributed by atoms with Crippen molar-refractivity contribution in [1.29, 1.82) is 0 Å². The van der Waals surface area contributed by atoms with Crippen LogP contribution in [0.15, 0.2) is 0 Å². The molecule has 0 bridgehead atoms. The lowest BCUT2D eigenvalue weighted by Gasteiger charge is -2.44. The molecule has 0 heterocycles. The molecule has 0 aliphatic carbocycles. The molecule has 3 N–H and O–H groups in total. The molecule has 15 heavy (non-hydrogen) atoms. The fraction of sp³-hybridized carbons (Fsp3) is 1.00. The highest BCUT2D eigenvalue weighted by Gasteiger charge is 2.44. The van der Waals surface area contributed by atoms with Crippen LogP contribution in [0.2, 0.25) is 0 Å². The van der Waals surface area contributed by atoms with Crippen molar-refractivity contribution in [3.05, 3.63) is 0 Å². The zero-order chi connectivity index (χ0) is 12.4. The molecule has 92 valence electrons. The molecule has 3 nitrogen and oxygen atoms in total. The zero-order valence-corrected chi connectivity index (χ0v) is 10.8. The van der Waals surface area contributed by atoms with Crippen molar-refractivity contribution in [3.63, 3.8) is 0 Å². The largest absolute Gasteiger partial charge is 0.396 e. The molecule has 3 heteroatoms. The van der Waals surface area contributed by atoms with Gasteiger partial charge in [-0.3, -0.25) is 0 Å². The van der Waals surface area contributed by atoms with Gasteiger partial charge >= 0.3 is 0 Å². The summed E-state index contributed by atoms with van der Waals surface area (Å²) in [6.07, 6.45) is -1.33. The second kappa shape index (κ2) is 4.81. The van der Waals surface area contributed by atoms with Gasteiger partial charge in [0.25, 0.3) is 0 Å². The first-order chi connectivity index (χ1) is 6.57. The Morgan fingerprint density at radius 2 is 1.40 bits per heavy atom. The SMILES string of the molecule is CC(C)C(O)C(C)(C)C(O)C(C)(C)CO. The number of hydrogen-bond donors (Lipinski definition) is 3. The number of rotatable bonds is 5. The van der Waals surface area contributed by atoms with Crippen LogP contribution in [0.5, 0.6) is 0 Å². The van der Waals surface area contributed by atoms with Gasteiger partial charge in [-0.2, -0.15) is 0 Å². The van der Waals surface area contributed by atoms with Crippen LogP contribution < -0.4 is 0 Å². The Hall–Kier alpha value is -0.120. The quantitative estimate of drug-likeness (QED) is 0.654. The summed E-state index contributed by atoms with van der Waals surface area (Å²) in [6.45, 7) is 11.0. The van der Waals surface area contributed by atoms with Crippen molar-refractivity contribution < 1.29 is 15.3 Å². The second-order valence-corrected chi connectivity index (χ2v) is 6.06. The standard InChI is InChI=1S/C12H26O3/c1-8(2)9(14)12(5,6)10(15)11(3,4)7-13/h8-10,13-15H,7H2,1-6H3. The summed E-state index contributed by atoms with van der Waals surface area (Å²) in [5, 5.41) is 29.5. The van der Waals surface area contributed by atoms with Crippen molar-refractivity contribution in [3.8, 4) is 0 Å². The van der Waals surface area contributed by atoms with E-state index in [1.807, 2.05) is 27.7 Å². The van der Waals surface area contributed by atoms with E-state index in [4.69, 9.17) is 0 Å². The van der Waals surface area contributed by atoms with E-state index in [-0.39, 0.29) is 12.5 Å². The highest BCUT2D eigenvalue weighted by Crippen LogP contribution is 2.38. The predicted molar refractivity (Wildman–Crippen MR) is 61.5 cm³/mol. The zero-order valence-electron chi connectivity index (χ0n) is 10.8. The first-order valence-corrected chi connectivity index (χ1v) is 5.54. The summed E-state index contributed by atoms with van der Waals surface area (Å²) in [4.78, 5) is 0. The molecule has 2 unspecified atom stereocenters. The molecule has 0 amide bonds. The molecule has 0 radical (unpaired) electrons. The van der Waals surface area contributed by atoms with Crippen LogP contribution in [-0.2, 0) is 0 Å². The lowest BCUT2D eigenvalue weighted by atomic mass is 9.67. The second-order valence-electron chi connectivity index (χ2n) is 6.06. The Morgan fingerprint density at radius 1 is 1.00 bits per heavy atom. The molecule has 2 atom stereocenters. The topological polar surface area (TPSA) is 60.7 Å². The maximum atomic E-state index is 10.2. The van der Waals surface area contributed by atoms with Crippen LogP contribution in [0.1, 0.15) is 41.5 Å². The third-order valence-corrected chi connectivity index (χ3v) is 3.25. The van der Waals surface area contributed by atoms with E-state index in [1.54, 1.807) is 13.8 Å². The van der Waals surface area contributed by atoms with E-state index in [1.165, 1.54) is 0 Å². The molecule has 0 saturated carbocycles. The van der Waals surface area contributed by atoms with Gasteiger partial charge in [-0.15, -0.1) is 0 Å². The van der Waals surface area contributed by atoms with Gasteiger partial charge in [-0.05, 0) is 5.92 Å². The normalized spacial score (nSPS) is 18.0. The number of aliphatic hydroxyl groups is 3. The summed E-state index contributed by atoms with van der Waals surface area (Å²) in [6, 6.07) is 0. The first-order valence-electron chi connectivity index (χ1n) is 5.54. The molecule has 0 fully saturated rings. The molecule has 0 aliphatic rings. The fourth-order valence-electron chi connectivity index (χ4n) is 2.11. The Morgan fingerprint density at radius 3 is 1.67 bits per heavy atom. The Balaban J connectivity index is 4.87. The lowest BCUT2D eigenvalue weighted by molar-refractivity contribution is -0.125. The maximum Gasteiger partial charge on any atom is 0.0688 e. The molecule has 0 saturated heterocycles. The minimum absolute atomic E-state index is 0.0872. The van der Waals surface area contributed by atoms with Crippen LogP contribution in [0.3, 0.4) is 0 Å². The van der Waals surface area contributed by atoms with Gasteiger partial charge in [0.05, 0.1) is 18.8 Å². The van der Waals surface area contributed by atoms with E-state index < -0.39 is 23.0 Å². The third-order valence-electron chi connectivity index (χ3n) is 3.25. The van der Waals surface area contributed by atoms with Crippen molar-refractivity contribution in [1.82, 2.24) is 0 Å². The Kier molecular flexibility index (Phi) is 4.77. The Labute approximate surface area is 93.1 Å². The summed E-state index contributed by atoms with van der Waals surface area (Å²) in [7, 11) is 0. The molecular formula is C12H26O3. The molecule has 0 aromatic rings. The molecule has 0 aromatic heterocycles. The first kappa shape index (κ1) is 14.9. The van der Waals surface area contributed by atoms with Crippen LogP contribution in [-0.4, -0.2) is 34.1 Å². The van der Waals surface area contributed by atoms with Crippen molar-refractivity contribution in [2.24, 2.45) is 16.7 Å². The van der Waals surface area contributed by atoms with E-state index in [0.29, 0.717) is 0 Å². The van der Waals surface area contributed by atoms with E-state index in [9.17, 15) is 15.3 Å². The van der Waals surface area contributed by atoms with Gasteiger partial charge in [0.2, 0.25) is 0 Å². The monoisotopic (exact) mass is 218 g/mol. The van der Waals surface area contributed by atoms with Crippen LogP contribution in [0.4, 0.5) is 0 Å². The minimum atomic E-state index is -0.743. The average Bonchev–Trinajstić information content (AvgIpc) is 2.15. The van der Waals surface area contributed by atoms with Crippen LogP contribution in [0, 0.1) is 16.7 Å². The molecule has 0 rings (SSSR count). The van der Waals surface area contributed by atoms with Crippen LogP contribution in [0.25, 0.3) is 0 Å². The van der Waals surface area contributed by atoms with E-state index in [2.05, 4.69) is 0 Å². The summed E-state index contributed by atoms with van der Waals surface area (Å²) in [5.41, 5.74) is -1.22. The maximum absolute atomic E-state index is 10.2. The van der Waals surface area contributed by atoms with Gasteiger partial charge in [-0.1, -0.05) is 41.5 Å². The van der Waals surface area contributed by atoms with Crippen molar-refractivity contribution >= 4 is 0 Å². The van der Waals surface area contributed by atoms with Crippen LogP contribution >= 0.6 is 0 Å². The Bertz CT molecular complexity index is 197. The smallest absolute Gasteiger partial charge is 0.0688 e. The molecule has 0 spiro atoms. The van der Waals surface area contributed by atoms with Crippen molar-refractivity contribution in [2.75, 3.05) is 6.61 Å². The van der Waals surface area contributed by atoms with Gasteiger partial charge in [0, 0.05) is 10.8 Å². The lowest BCUT2D eigenvalue weighted by Crippen LogP contribution is -2.51. The van der Waals surface area contributed by atoms with Gasteiger partial charge in [-0.25, -0.2) is 0 Å². The van der Waals surface area contributed by atoms with Crippen molar-refractivity contribution in [2.45, 2.75) is 53.8 Å². The van der Waals surface area contributed by atoms with Gasteiger partial charge in [0.1, 0.15) is 0 Å². The summed E-state index contributed by atoms with van der Waals surface area (Å²) < 4.78 is 0. The molecular weight excluding hydrogens is 192 g/mol. The molecule has 0 aromatic carbocycles. The fourth-order valence-corrected chi connectivity index (χ4v) is 2.11. The van der Waals surface area contributed by atoms with Gasteiger partial charge < -0.3 is 15.3 Å². The van der Waals surface area contributed by atoms with E-state index >= 15 is 0 Å². The third kappa shape index (κ3) is 3.16. The van der Waals surface area contributed by atoms with Gasteiger partial charge in [0.15, 0.2) is 0 Å². The number of aliphatic hydroxyl groups excluding tert-OH is 3. The van der Waals surface area contributed by atoms with E-state index in [0.717, 1.165) is 0 Å². The summed E-state index contributed by atoms with van der Waals surface area (Å²) >= 11 is 0. The summed E-state index contributed by atoms with van der Waals surface area (Å²) in [5.74, 6) is 0.0872.